The highest BCUT2D eigenvalue weighted by Crippen LogP contribution is 2.31. The third kappa shape index (κ3) is 3.06. The van der Waals surface area contributed by atoms with Crippen molar-refractivity contribution in [2.24, 2.45) is 0 Å². The summed E-state index contributed by atoms with van der Waals surface area (Å²) in [6, 6.07) is 7.48. The highest BCUT2D eigenvalue weighted by Gasteiger charge is 2.17. The second-order valence-corrected chi connectivity index (χ2v) is 7.48. The zero-order chi connectivity index (χ0) is 19.1. The van der Waals surface area contributed by atoms with Crippen molar-refractivity contribution in [2.45, 2.75) is 6.92 Å². The van der Waals surface area contributed by atoms with Crippen LogP contribution in [0.25, 0.3) is 16.0 Å². The van der Waals surface area contributed by atoms with E-state index in [1.165, 1.54) is 0 Å². The van der Waals surface area contributed by atoms with E-state index >= 15 is 0 Å². The summed E-state index contributed by atoms with van der Waals surface area (Å²) in [4.78, 5) is 27.8. The minimum absolute atomic E-state index is 0.0835. The molecule has 1 amide bonds. The summed E-state index contributed by atoms with van der Waals surface area (Å²) in [5.74, 6) is 0.112. The Hall–Kier alpha value is -3.11. The molecular formula is C18H17N7O2S. The zero-order valence-corrected chi connectivity index (χ0v) is 15.9. The van der Waals surface area contributed by atoms with Crippen LogP contribution in [0.2, 0.25) is 0 Å². The topological polar surface area (TPSA) is 97.5 Å². The molecule has 0 aliphatic carbocycles. The molecule has 1 saturated heterocycles. The fourth-order valence-corrected chi connectivity index (χ4v) is 4.13. The molecule has 0 bridgehead atoms. The number of anilines is 2. The molecule has 0 unspecified atom stereocenters. The van der Waals surface area contributed by atoms with Crippen molar-refractivity contribution in [1.82, 2.24) is 24.6 Å². The van der Waals surface area contributed by atoms with Gasteiger partial charge in [-0.05, 0) is 31.2 Å². The predicted molar refractivity (Wildman–Crippen MR) is 106 cm³/mol. The molecule has 4 aromatic rings. The van der Waals surface area contributed by atoms with Crippen molar-refractivity contribution in [3.63, 3.8) is 0 Å². The summed E-state index contributed by atoms with van der Waals surface area (Å²) < 4.78 is 7.96. The lowest BCUT2D eigenvalue weighted by molar-refractivity contribution is 0.101. The summed E-state index contributed by atoms with van der Waals surface area (Å²) in [5, 5.41) is 8.08. The minimum Gasteiger partial charge on any atom is -0.378 e. The van der Waals surface area contributed by atoms with Crippen LogP contribution in [0.15, 0.2) is 30.5 Å². The number of nitrogens with one attached hydrogen (secondary N) is 1. The van der Waals surface area contributed by atoms with Crippen LogP contribution < -0.4 is 10.2 Å². The van der Waals surface area contributed by atoms with Gasteiger partial charge < -0.3 is 15.0 Å². The van der Waals surface area contributed by atoms with Crippen molar-refractivity contribution >= 4 is 44.1 Å². The van der Waals surface area contributed by atoms with Gasteiger partial charge in [-0.3, -0.25) is 4.79 Å². The fraction of sp³-hybridized carbons (Fsp3) is 0.278. The van der Waals surface area contributed by atoms with Gasteiger partial charge in [0.2, 0.25) is 5.82 Å². The normalized spacial score (nSPS) is 14.7. The Balaban J connectivity index is 1.39. The van der Waals surface area contributed by atoms with Gasteiger partial charge >= 0.3 is 0 Å². The number of benzene rings is 1. The highest BCUT2D eigenvalue weighted by atomic mass is 32.1. The van der Waals surface area contributed by atoms with Gasteiger partial charge in [-0.2, -0.15) is 4.98 Å². The zero-order valence-electron chi connectivity index (χ0n) is 15.1. The highest BCUT2D eigenvalue weighted by molar-refractivity contribution is 7.22. The predicted octanol–water partition coefficient (Wildman–Crippen LogP) is 2.13. The lowest BCUT2D eigenvalue weighted by atomic mass is 10.3. The number of rotatable bonds is 3. The van der Waals surface area contributed by atoms with Crippen LogP contribution in [0.4, 0.5) is 10.8 Å². The average molecular weight is 395 g/mol. The molecule has 9 nitrogen and oxygen atoms in total. The molecule has 0 radical (unpaired) electrons. The number of ether oxygens (including phenoxy) is 1. The van der Waals surface area contributed by atoms with Crippen LogP contribution >= 0.6 is 11.3 Å². The van der Waals surface area contributed by atoms with Crippen LogP contribution in [-0.2, 0) is 4.74 Å². The van der Waals surface area contributed by atoms with Crippen molar-refractivity contribution < 1.29 is 9.53 Å². The Morgan fingerprint density at radius 3 is 2.89 bits per heavy atom. The summed E-state index contributed by atoms with van der Waals surface area (Å²) in [5.41, 5.74) is 2.45. The van der Waals surface area contributed by atoms with Gasteiger partial charge in [0, 0.05) is 30.7 Å². The molecule has 10 heteroatoms. The third-order valence-corrected chi connectivity index (χ3v) is 5.63. The Morgan fingerprint density at radius 1 is 1.21 bits per heavy atom. The number of carbonyl (C=O) groups excluding carboxylic acids is 1. The quantitative estimate of drug-likeness (QED) is 0.567. The molecule has 5 rings (SSSR count). The molecule has 0 atom stereocenters. The Bertz CT molecular complexity index is 1180. The first-order chi connectivity index (χ1) is 13.7. The lowest BCUT2D eigenvalue weighted by Gasteiger charge is -2.25. The number of hydrogen-bond donors (Lipinski definition) is 1. The Kier molecular flexibility index (Phi) is 4.14. The van der Waals surface area contributed by atoms with Crippen molar-refractivity contribution in [1.29, 1.82) is 0 Å². The van der Waals surface area contributed by atoms with Crippen molar-refractivity contribution in [3.8, 4) is 0 Å². The van der Waals surface area contributed by atoms with Gasteiger partial charge in [0.25, 0.3) is 11.7 Å². The molecule has 28 heavy (non-hydrogen) atoms. The van der Waals surface area contributed by atoms with Gasteiger partial charge in [-0.25, -0.2) is 14.5 Å². The van der Waals surface area contributed by atoms with Gasteiger partial charge in [0.05, 0.1) is 23.4 Å². The molecule has 1 aliphatic heterocycles. The summed E-state index contributed by atoms with van der Waals surface area (Å²) in [6.07, 6.45) is 1.64. The second kappa shape index (κ2) is 6.80. The molecule has 1 fully saturated rings. The SMILES string of the molecule is Cc1ccnc2nc(C(=O)Nc3ccc4nc(N5CCOCC5)sc4c3)nn12. The van der Waals surface area contributed by atoms with Crippen LogP contribution in [0.3, 0.4) is 0 Å². The fourth-order valence-electron chi connectivity index (χ4n) is 3.07. The van der Waals surface area contributed by atoms with E-state index in [0.717, 1.165) is 47.3 Å². The first-order valence-electron chi connectivity index (χ1n) is 8.90. The first-order valence-corrected chi connectivity index (χ1v) is 9.72. The molecule has 0 spiro atoms. The molecule has 1 N–H and O–H groups in total. The number of aromatic nitrogens is 5. The van der Waals surface area contributed by atoms with E-state index in [-0.39, 0.29) is 11.7 Å². The van der Waals surface area contributed by atoms with E-state index in [9.17, 15) is 4.79 Å². The van der Waals surface area contributed by atoms with Gasteiger partial charge in [-0.15, -0.1) is 5.10 Å². The Labute approximate surface area is 164 Å². The molecule has 4 heterocycles. The van der Waals surface area contributed by atoms with Crippen molar-refractivity contribution in [3.05, 3.63) is 42.0 Å². The van der Waals surface area contributed by atoms with E-state index < -0.39 is 0 Å². The van der Waals surface area contributed by atoms with Gasteiger partial charge in [-0.1, -0.05) is 11.3 Å². The number of nitrogens with zero attached hydrogens (tertiary/aromatic N) is 6. The molecule has 1 aliphatic rings. The van der Waals surface area contributed by atoms with E-state index in [4.69, 9.17) is 9.72 Å². The second-order valence-electron chi connectivity index (χ2n) is 6.47. The van der Waals surface area contributed by atoms with Crippen LogP contribution in [-0.4, -0.2) is 56.8 Å². The minimum atomic E-state index is -0.373. The number of carbonyl (C=O) groups is 1. The number of thiazole rings is 1. The number of hydrogen-bond acceptors (Lipinski definition) is 8. The van der Waals surface area contributed by atoms with E-state index in [2.05, 4.69) is 25.3 Å². The standard InChI is InChI=1S/C18H17N7O2S/c1-11-4-5-19-17-22-15(23-25(11)17)16(26)20-12-2-3-13-14(10-12)28-18(21-13)24-6-8-27-9-7-24/h2-5,10H,6-9H2,1H3,(H,20,26). The smallest absolute Gasteiger partial charge is 0.295 e. The summed E-state index contributed by atoms with van der Waals surface area (Å²) in [6.45, 7) is 5.01. The maximum atomic E-state index is 12.6. The van der Waals surface area contributed by atoms with Crippen LogP contribution in [0, 0.1) is 6.92 Å². The molecule has 3 aromatic heterocycles. The van der Waals surface area contributed by atoms with Crippen LogP contribution in [0.5, 0.6) is 0 Å². The largest absolute Gasteiger partial charge is 0.378 e. The first kappa shape index (κ1) is 17.0. The van der Waals surface area contributed by atoms with Crippen LogP contribution in [0.1, 0.15) is 16.3 Å². The number of fused-ring (bicyclic) bond motifs is 2. The molecule has 0 saturated carbocycles. The molecule has 142 valence electrons. The van der Waals surface area contributed by atoms with Gasteiger partial charge in [0.15, 0.2) is 5.13 Å². The number of aryl methyl sites for hydroxylation is 1. The molecular weight excluding hydrogens is 378 g/mol. The number of morpholine rings is 1. The van der Waals surface area contributed by atoms with E-state index in [0.29, 0.717) is 11.5 Å². The summed E-state index contributed by atoms with van der Waals surface area (Å²) >= 11 is 1.61. The van der Waals surface area contributed by atoms with E-state index in [1.807, 2.05) is 31.2 Å². The van der Waals surface area contributed by atoms with Gasteiger partial charge in [0.1, 0.15) is 0 Å². The van der Waals surface area contributed by atoms with Crippen molar-refractivity contribution in [2.75, 3.05) is 36.5 Å². The maximum absolute atomic E-state index is 12.6. The Morgan fingerprint density at radius 2 is 2.07 bits per heavy atom. The lowest BCUT2D eigenvalue weighted by Crippen LogP contribution is -2.36. The average Bonchev–Trinajstić information content (AvgIpc) is 3.33. The van der Waals surface area contributed by atoms with E-state index in [1.54, 1.807) is 22.0 Å². The third-order valence-electron chi connectivity index (χ3n) is 4.55. The monoisotopic (exact) mass is 395 g/mol. The molecule has 1 aromatic carbocycles. The maximum Gasteiger partial charge on any atom is 0.295 e. The summed E-state index contributed by atoms with van der Waals surface area (Å²) in [7, 11) is 0. The number of amides is 1.